The highest BCUT2D eigenvalue weighted by atomic mass is 16.6. The van der Waals surface area contributed by atoms with E-state index < -0.39 is 0 Å². The van der Waals surface area contributed by atoms with E-state index in [0.717, 1.165) is 43.6 Å². The van der Waals surface area contributed by atoms with Gasteiger partial charge < -0.3 is 20.6 Å². The third kappa shape index (κ3) is 6.97. The van der Waals surface area contributed by atoms with E-state index >= 15 is 0 Å². The molecule has 1 aliphatic heterocycles. The number of rotatable bonds is 6. The molecule has 296 valence electrons. The summed E-state index contributed by atoms with van der Waals surface area (Å²) in [5, 5.41) is 8.02. The number of benzene rings is 6. The van der Waals surface area contributed by atoms with Crippen LogP contribution in [0.5, 0.6) is 11.5 Å². The van der Waals surface area contributed by atoms with Gasteiger partial charge in [-0.15, -0.1) is 0 Å². The smallest absolute Gasteiger partial charge is 0.165 e. The van der Waals surface area contributed by atoms with Gasteiger partial charge in [-0.1, -0.05) is 175 Å². The topological polar surface area (TPSA) is 68.3 Å². The first-order chi connectivity index (χ1) is 29.7. The largest absolute Gasteiger partial charge is 0.478 e. The van der Waals surface area contributed by atoms with Gasteiger partial charge in [-0.3, -0.25) is 0 Å². The molecule has 4 aliphatic carbocycles. The van der Waals surface area contributed by atoms with Crippen LogP contribution in [0.25, 0.3) is 27.5 Å². The van der Waals surface area contributed by atoms with Crippen LogP contribution in [0.1, 0.15) is 53.5 Å². The summed E-state index contributed by atoms with van der Waals surface area (Å²) in [7, 11) is 0. The molecular weight excluding hydrogens is 733 g/mol. The third-order valence-electron chi connectivity index (χ3n) is 12.4. The molecule has 1 heterocycles. The Labute approximate surface area is 353 Å². The zero-order chi connectivity index (χ0) is 40.9. The fourth-order valence-corrected chi connectivity index (χ4v) is 9.72. The van der Waals surface area contributed by atoms with E-state index in [1.54, 1.807) is 0 Å². The Morgan fingerprint density at radius 1 is 0.683 bits per heavy atom. The summed E-state index contributed by atoms with van der Waals surface area (Å²) in [5.41, 5.74) is 19.7. The number of allylic oxidation sites excluding steroid dienone is 10. The Bertz CT molecular complexity index is 2720. The first-order valence-electron chi connectivity index (χ1n) is 21.1. The van der Waals surface area contributed by atoms with Crippen molar-refractivity contribution in [2.45, 2.75) is 56.3 Å². The summed E-state index contributed by atoms with van der Waals surface area (Å²) in [6.07, 6.45) is 23.3. The molecule has 6 aromatic carbocycles. The number of nitrogens with one attached hydrogen (secondary N) is 1. The highest BCUT2D eigenvalue weighted by Gasteiger charge is 2.52. The Balaban J connectivity index is 0.000000193. The second-order valence-corrected chi connectivity index (χ2v) is 15.7. The average Bonchev–Trinajstić information content (AvgIpc) is 3.64. The van der Waals surface area contributed by atoms with Gasteiger partial charge in [-0.25, -0.2) is 0 Å². The number of nitrogens with two attached hydrogens (primary N) is 1. The van der Waals surface area contributed by atoms with E-state index in [0.29, 0.717) is 6.54 Å². The van der Waals surface area contributed by atoms with Crippen molar-refractivity contribution >= 4 is 23.1 Å². The number of ether oxygens (including phenoxy) is 2. The zero-order valence-electron chi connectivity index (χ0n) is 33.9. The molecule has 0 saturated carbocycles. The normalized spacial score (nSPS) is 20.4. The molecule has 0 radical (unpaired) electrons. The van der Waals surface area contributed by atoms with Crippen LogP contribution >= 0.6 is 0 Å². The minimum absolute atomic E-state index is 0.172. The van der Waals surface area contributed by atoms with Gasteiger partial charge in [0, 0.05) is 12.1 Å². The van der Waals surface area contributed by atoms with Gasteiger partial charge in [0.15, 0.2) is 23.7 Å². The SMILES string of the molecule is C1=CCCC(Cc2ccc3c(c2)OC2C=CC4=C(c5ccccc5C4(C4=CCCC=C4)c4ccccc4)C2O3)=C1.C=N.NCc1ccc(-c2ccccc2)c2ccccc12. The molecule has 0 bridgehead atoms. The molecule has 0 aromatic heterocycles. The van der Waals surface area contributed by atoms with Crippen LogP contribution in [0.4, 0.5) is 0 Å². The van der Waals surface area contributed by atoms with Crippen LogP contribution < -0.4 is 15.2 Å². The summed E-state index contributed by atoms with van der Waals surface area (Å²) < 4.78 is 13.6. The van der Waals surface area contributed by atoms with Crippen molar-refractivity contribution in [3.05, 3.63) is 233 Å². The van der Waals surface area contributed by atoms with Gasteiger partial charge in [0.25, 0.3) is 0 Å². The van der Waals surface area contributed by atoms with Gasteiger partial charge >= 0.3 is 0 Å². The summed E-state index contributed by atoms with van der Waals surface area (Å²) in [6, 6.07) is 49.6. The van der Waals surface area contributed by atoms with Gasteiger partial charge in [0.05, 0.1) is 5.41 Å². The Morgan fingerprint density at radius 2 is 1.45 bits per heavy atom. The maximum absolute atomic E-state index is 6.87. The molecule has 3 N–H and O–H groups in total. The molecule has 60 heavy (non-hydrogen) atoms. The van der Waals surface area contributed by atoms with Crippen LogP contribution in [-0.2, 0) is 18.4 Å². The summed E-state index contributed by atoms with van der Waals surface area (Å²) in [4.78, 5) is 0. The van der Waals surface area contributed by atoms with Crippen molar-refractivity contribution in [2.75, 3.05) is 0 Å². The summed E-state index contributed by atoms with van der Waals surface area (Å²) >= 11 is 0. The second-order valence-electron chi connectivity index (χ2n) is 15.7. The first kappa shape index (κ1) is 38.8. The Morgan fingerprint density at radius 3 is 2.22 bits per heavy atom. The van der Waals surface area contributed by atoms with Gasteiger partial charge in [-0.2, -0.15) is 0 Å². The van der Waals surface area contributed by atoms with E-state index in [4.69, 9.17) is 20.6 Å². The molecule has 4 nitrogen and oxygen atoms in total. The maximum atomic E-state index is 6.87. The average molecular weight is 783 g/mol. The van der Waals surface area contributed by atoms with Crippen molar-refractivity contribution in [2.24, 2.45) is 5.73 Å². The highest BCUT2D eigenvalue weighted by molar-refractivity contribution is 5.98. The molecule has 6 aromatic rings. The Kier molecular flexibility index (Phi) is 11.1. The molecule has 5 aliphatic rings. The van der Waals surface area contributed by atoms with Crippen molar-refractivity contribution in [3.63, 3.8) is 0 Å². The minimum Gasteiger partial charge on any atom is -0.478 e. The third-order valence-corrected chi connectivity index (χ3v) is 12.4. The van der Waals surface area contributed by atoms with Gasteiger partial charge in [0.1, 0.15) is 0 Å². The van der Waals surface area contributed by atoms with E-state index in [1.807, 2.05) is 6.07 Å². The summed E-state index contributed by atoms with van der Waals surface area (Å²) in [5.74, 6) is 1.68. The Hall–Kier alpha value is -6.75. The van der Waals surface area contributed by atoms with E-state index in [2.05, 4.69) is 189 Å². The predicted octanol–water partition coefficient (Wildman–Crippen LogP) is 12.8. The molecule has 0 amide bonds. The maximum Gasteiger partial charge on any atom is 0.165 e. The molecule has 3 unspecified atom stereocenters. The molecule has 0 fully saturated rings. The van der Waals surface area contributed by atoms with E-state index in [-0.39, 0.29) is 17.6 Å². The van der Waals surface area contributed by atoms with E-state index in [9.17, 15) is 0 Å². The summed E-state index contributed by atoms with van der Waals surface area (Å²) in [6.45, 7) is 3.08. The lowest BCUT2D eigenvalue weighted by Gasteiger charge is -2.39. The molecule has 0 spiro atoms. The van der Waals surface area contributed by atoms with Gasteiger partial charge in [-0.05, 0) is 118 Å². The number of fused-ring (bicyclic) bond motifs is 6. The fourth-order valence-electron chi connectivity index (χ4n) is 9.72. The fraction of sp³-hybridized carbons (Fsp3) is 0.161. The van der Waals surface area contributed by atoms with Crippen LogP contribution in [0.3, 0.4) is 0 Å². The minimum atomic E-state index is -0.374. The van der Waals surface area contributed by atoms with Gasteiger partial charge in [0.2, 0.25) is 0 Å². The zero-order valence-corrected chi connectivity index (χ0v) is 33.9. The molecule has 11 rings (SSSR count). The lowest BCUT2D eigenvalue weighted by molar-refractivity contribution is 0.0810. The second kappa shape index (κ2) is 17.2. The predicted molar refractivity (Wildman–Crippen MR) is 249 cm³/mol. The molecular formula is C56H50N2O2. The lowest BCUT2D eigenvalue weighted by atomic mass is 9.65. The van der Waals surface area contributed by atoms with Crippen LogP contribution in [0, 0.1) is 5.41 Å². The number of hydrogen-bond donors (Lipinski definition) is 2. The first-order valence-corrected chi connectivity index (χ1v) is 21.1. The van der Waals surface area contributed by atoms with Crippen molar-refractivity contribution in [1.82, 2.24) is 0 Å². The quantitative estimate of drug-likeness (QED) is 0.165. The van der Waals surface area contributed by atoms with Crippen LogP contribution in [-0.4, -0.2) is 18.9 Å². The highest BCUT2D eigenvalue weighted by Crippen LogP contribution is 2.59. The van der Waals surface area contributed by atoms with Crippen LogP contribution in [0.2, 0.25) is 0 Å². The van der Waals surface area contributed by atoms with Crippen molar-refractivity contribution in [1.29, 1.82) is 5.41 Å². The monoisotopic (exact) mass is 782 g/mol. The van der Waals surface area contributed by atoms with Crippen LogP contribution in [0.15, 0.2) is 205 Å². The van der Waals surface area contributed by atoms with Crippen molar-refractivity contribution < 1.29 is 9.47 Å². The number of hydrogen-bond acceptors (Lipinski definition) is 4. The lowest BCUT2D eigenvalue weighted by Crippen LogP contribution is -2.41. The molecule has 0 saturated heterocycles. The van der Waals surface area contributed by atoms with E-state index in [1.165, 1.54) is 72.0 Å². The standard InChI is InChI=1S/C38H32O2.C17H15N.CH3N/c1-4-12-26(13-5-1)24-27-20-22-33-35(25-27)39-34-23-21-32-36(37(34)40-33)30-18-10-11-19-31(30)38(32,28-14-6-2-7-15-28)29-16-8-3-9-17-29;18-12-14-10-11-16(13-6-2-1-3-7-13)17-9-5-4-8-15(14)17;1-2/h1-2,4,6-8,10-12,14-23,25,34,37H,3,5,9,13,24H2;1-11H,12,18H2;2H,1H2. The molecule has 3 atom stereocenters. The molecule has 4 heteroatoms. The van der Waals surface area contributed by atoms with Crippen molar-refractivity contribution in [3.8, 4) is 22.6 Å².